The van der Waals surface area contributed by atoms with Gasteiger partial charge in [-0.25, -0.2) is 0 Å². The van der Waals surface area contributed by atoms with Crippen LogP contribution in [0.25, 0.3) is 0 Å². The summed E-state index contributed by atoms with van der Waals surface area (Å²) in [5, 5.41) is 3.91. The highest BCUT2D eigenvalue weighted by Crippen LogP contribution is 2.20. The Hall–Kier alpha value is -0.900. The van der Waals surface area contributed by atoms with E-state index in [-0.39, 0.29) is 11.3 Å². The van der Waals surface area contributed by atoms with Gasteiger partial charge in [-0.2, -0.15) is 4.98 Å². The molecule has 0 aliphatic rings. The van der Waals surface area contributed by atoms with Crippen molar-refractivity contribution in [2.75, 3.05) is 6.54 Å². The first kappa shape index (κ1) is 10.2. The first-order valence-electron chi connectivity index (χ1n) is 4.49. The summed E-state index contributed by atoms with van der Waals surface area (Å²) in [6.45, 7) is 8.66. The molecular weight excluding hydrogens is 166 g/mol. The number of nitrogens with two attached hydrogens (primary N) is 1. The van der Waals surface area contributed by atoms with E-state index >= 15 is 0 Å². The minimum Gasteiger partial charge on any atom is -0.339 e. The Balaban J connectivity index is 2.87. The maximum atomic E-state index is 5.49. The number of rotatable bonds is 2. The molecule has 1 aromatic rings. The van der Waals surface area contributed by atoms with Gasteiger partial charge in [0.25, 0.3) is 0 Å². The normalized spacial score (nSPS) is 14.5. The van der Waals surface area contributed by atoms with Gasteiger partial charge in [0.15, 0.2) is 5.82 Å². The van der Waals surface area contributed by atoms with Crippen molar-refractivity contribution in [2.45, 2.75) is 39.0 Å². The molecule has 1 unspecified atom stereocenters. The van der Waals surface area contributed by atoms with Crippen LogP contribution in [0, 0.1) is 0 Å². The summed E-state index contributed by atoms with van der Waals surface area (Å²) in [4.78, 5) is 4.29. The quantitative estimate of drug-likeness (QED) is 0.753. The van der Waals surface area contributed by atoms with Crippen molar-refractivity contribution in [2.24, 2.45) is 5.73 Å². The van der Waals surface area contributed by atoms with Crippen molar-refractivity contribution < 1.29 is 4.52 Å². The van der Waals surface area contributed by atoms with Crippen LogP contribution in [-0.2, 0) is 5.41 Å². The molecule has 2 N–H and O–H groups in total. The monoisotopic (exact) mass is 183 g/mol. The smallest absolute Gasteiger partial charge is 0.230 e. The molecule has 0 saturated heterocycles. The lowest BCUT2D eigenvalue weighted by Gasteiger charge is -2.11. The van der Waals surface area contributed by atoms with E-state index < -0.39 is 0 Å². The zero-order valence-electron chi connectivity index (χ0n) is 8.66. The Kier molecular flexibility index (Phi) is 2.71. The lowest BCUT2D eigenvalue weighted by molar-refractivity contribution is 0.349. The number of hydrogen-bond donors (Lipinski definition) is 1. The van der Waals surface area contributed by atoms with Gasteiger partial charge in [0.1, 0.15) is 0 Å². The predicted octanol–water partition coefficient (Wildman–Crippen LogP) is 1.43. The van der Waals surface area contributed by atoms with Crippen molar-refractivity contribution in [3.05, 3.63) is 11.7 Å². The van der Waals surface area contributed by atoms with Crippen LogP contribution in [0.1, 0.15) is 45.3 Å². The lowest BCUT2D eigenvalue weighted by Crippen LogP contribution is -2.14. The molecule has 0 saturated carbocycles. The zero-order valence-corrected chi connectivity index (χ0v) is 8.66. The van der Waals surface area contributed by atoms with Crippen LogP contribution in [0.2, 0.25) is 0 Å². The molecule has 0 bridgehead atoms. The molecule has 1 atom stereocenters. The van der Waals surface area contributed by atoms with Crippen LogP contribution >= 0.6 is 0 Å². The zero-order chi connectivity index (χ0) is 10.1. The molecule has 0 radical (unpaired) electrons. The van der Waals surface area contributed by atoms with Gasteiger partial charge in [-0.05, 0) is 0 Å². The van der Waals surface area contributed by atoms with Crippen LogP contribution < -0.4 is 5.73 Å². The average Bonchev–Trinajstić information content (AvgIpc) is 2.50. The SMILES string of the molecule is CC(CN)c1nc(C(C)(C)C)no1. The largest absolute Gasteiger partial charge is 0.339 e. The summed E-state index contributed by atoms with van der Waals surface area (Å²) >= 11 is 0. The van der Waals surface area contributed by atoms with Crippen LogP contribution in [0.5, 0.6) is 0 Å². The van der Waals surface area contributed by atoms with Gasteiger partial charge in [-0.1, -0.05) is 32.9 Å². The maximum Gasteiger partial charge on any atom is 0.230 e. The Labute approximate surface area is 78.5 Å². The number of nitrogens with zero attached hydrogens (tertiary/aromatic N) is 2. The molecule has 0 aromatic carbocycles. The minimum absolute atomic E-state index is 0.0595. The third-order valence-corrected chi connectivity index (χ3v) is 1.89. The molecule has 74 valence electrons. The minimum atomic E-state index is -0.0595. The fourth-order valence-corrected chi connectivity index (χ4v) is 0.841. The van der Waals surface area contributed by atoms with Crippen molar-refractivity contribution in [3.63, 3.8) is 0 Å². The van der Waals surface area contributed by atoms with Crippen molar-refractivity contribution in [1.29, 1.82) is 0 Å². The lowest BCUT2D eigenvalue weighted by atomic mass is 9.96. The fraction of sp³-hybridized carbons (Fsp3) is 0.778. The van der Waals surface area contributed by atoms with Crippen molar-refractivity contribution in [1.82, 2.24) is 10.1 Å². The van der Waals surface area contributed by atoms with E-state index in [0.717, 1.165) is 5.82 Å². The van der Waals surface area contributed by atoms with Crippen LogP contribution in [-0.4, -0.2) is 16.7 Å². The van der Waals surface area contributed by atoms with Gasteiger partial charge in [-0.15, -0.1) is 0 Å². The van der Waals surface area contributed by atoms with Gasteiger partial charge in [0.05, 0.1) is 0 Å². The molecule has 4 heteroatoms. The molecular formula is C9H17N3O. The highest BCUT2D eigenvalue weighted by molar-refractivity contribution is 5.02. The molecule has 1 aromatic heterocycles. The maximum absolute atomic E-state index is 5.49. The third kappa shape index (κ3) is 2.28. The topological polar surface area (TPSA) is 64.9 Å². The molecule has 13 heavy (non-hydrogen) atoms. The van der Waals surface area contributed by atoms with E-state index in [2.05, 4.69) is 30.9 Å². The third-order valence-electron chi connectivity index (χ3n) is 1.89. The van der Waals surface area contributed by atoms with E-state index in [1.165, 1.54) is 0 Å². The van der Waals surface area contributed by atoms with Gasteiger partial charge < -0.3 is 10.3 Å². The van der Waals surface area contributed by atoms with E-state index in [1.54, 1.807) is 0 Å². The van der Waals surface area contributed by atoms with Crippen LogP contribution in [0.4, 0.5) is 0 Å². The Morgan fingerprint density at radius 1 is 1.46 bits per heavy atom. The highest BCUT2D eigenvalue weighted by Gasteiger charge is 2.22. The predicted molar refractivity (Wildman–Crippen MR) is 50.5 cm³/mol. The van der Waals surface area contributed by atoms with Crippen molar-refractivity contribution >= 4 is 0 Å². The van der Waals surface area contributed by atoms with E-state index in [4.69, 9.17) is 10.3 Å². The number of hydrogen-bond acceptors (Lipinski definition) is 4. The summed E-state index contributed by atoms with van der Waals surface area (Å²) in [5.41, 5.74) is 5.44. The summed E-state index contributed by atoms with van der Waals surface area (Å²) in [5.74, 6) is 1.51. The first-order valence-corrected chi connectivity index (χ1v) is 4.49. The molecule has 1 rings (SSSR count). The fourth-order valence-electron chi connectivity index (χ4n) is 0.841. The summed E-state index contributed by atoms with van der Waals surface area (Å²) in [6, 6.07) is 0. The second kappa shape index (κ2) is 3.46. The van der Waals surface area contributed by atoms with Crippen molar-refractivity contribution in [3.8, 4) is 0 Å². The Morgan fingerprint density at radius 3 is 2.46 bits per heavy atom. The molecule has 0 aliphatic carbocycles. The van der Waals surface area contributed by atoms with E-state index in [1.807, 2.05) is 6.92 Å². The summed E-state index contributed by atoms with van der Waals surface area (Å²) in [6.07, 6.45) is 0. The molecule has 0 spiro atoms. The Bertz CT molecular complexity index is 275. The second-order valence-electron chi connectivity index (χ2n) is 4.34. The van der Waals surface area contributed by atoms with E-state index in [0.29, 0.717) is 12.4 Å². The van der Waals surface area contributed by atoms with Gasteiger partial charge in [-0.3, -0.25) is 0 Å². The average molecular weight is 183 g/mol. The molecule has 0 aliphatic heterocycles. The summed E-state index contributed by atoms with van der Waals surface area (Å²) < 4.78 is 5.10. The first-order chi connectivity index (χ1) is 5.95. The molecule has 1 heterocycles. The number of aromatic nitrogens is 2. The highest BCUT2D eigenvalue weighted by atomic mass is 16.5. The standard InChI is InChI=1S/C9H17N3O/c1-6(5-10)7-11-8(12-13-7)9(2,3)4/h6H,5,10H2,1-4H3. The van der Waals surface area contributed by atoms with Crippen LogP contribution in [0.15, 0.2) is 4.52 Å². The molecule has 0 fully saturated rings. The molecule has 4 nitrogen and oxygen atoms in total. The van der Waals surface area contributed by atoms with Gasteiger partial charge >= 0.3 is 0 Å². The molecule has 0 amide bonds. The summed E-state index contributed by atoms with van der Waals surface area (Å²) in [7, 11) is 0. The van der Waals surface area contributed by atoms with Gasteiger partial charge in [0, 0.05) is 17.9 Å². The van der Waals surface area contributed by atoms with E-state index in [9.17, 15) is 0 Å². The Morgan fingerprint density at radius 2 is 2.08 bits per heavy atom. The van der Waals surface area contributed by atoms with Gasteiger partial charge in [0.2, 0.25) is 5.89 Å². The second-order valence-corrected chi connectivity index (χ2v) is 4.34. The van der Waals surface area contributed by atoms with Crippen LogP contribution in [0.3, 0.4) is 0 Å².